The molecule has 0 saturated heterocycles. The molecule has 0 aliphatic heterocycles. The first-order valence-electron chi connectivity index (χ1n) is 7.86. The van der Waals surface area contributed by atoms with Gasteiger partial charge in [-0.1, -0.05) is 39.0 Å². The van der Waals surface area contributed by atoms with Crippen LogP contribution in [-0.2, 0) is 13.9 Å². The Morgan fingerprint density at radius 2 is 1.86 bits per heavy atom. The van der Waals surface area contributed by atoms with E-state index >= 15 is 0 Å². The fourth-order valence-electron chi connectivity index (χ4n) is 1.77. The average molecular weight is 331 g/mol. The van der Waals surface area contributed by atoms with Crippen LogP contribution in [0.3, 0.4) is 0 Å². The van der Waals surface area contributed by atoms with Gasteiger partial charge in [0.1, 0.15) is 12.9 Å². The van der Waals surface area contributed by atoms with Gasteiger partial charge in [0, 0.05) is 7.11 Å². The summed E-state index contributed by atoms with van der Waals surface area (Å²) in [5.74, 6) is 0. The fraction of sp³-hybridized carbons (Fsp3) is 0.765. The molecule has 0 radical (unpaired) electrons. The van der Waals surface area contributed by atoms with Crippen molar-refractivity contribution in [3.63, 3.8) is 0 Å². The lowest BCUT2D eigenvalue weighted by molar-refractivity contribution is -0.0908. The highest BCUT2D eigenvalue weighted by atomic mass is 28.4. The molecule has 4 nitrogen and oxygen atoms in total. The third kappa shape index (κ3) is 7.69. The largest absolute Gasteiger partial charge is 0.411 e. The molecule has 130 valence electrons. The number of ether oxygens (including phenoxy) is 2. The third-order valence-corrected chi connectivity index (χ3v) is 8.62. The van der Waals surface area contributed by atoms with Gasteiger partial charge in [0.25, 0.3) is 0 Å². The van der Waals surface area contributed by atoms with Gasteiger partial charge in [-0.3, -0.25) is 0 Å². The maximum atomic E-state index is 8.83. The minimum Gasteiger partial charge on any atom is -0.411 e. The van der Waals surface area contributed by atoms with Crippen molar-refractivity contribution in [3.05, 3.63) is 24.8 Å². The highest BCUT2D eigenvalue weighted by Gasteiger charge is 2.40. The second-order valence-electron chi connectivity index (χ2n) is 6.92. The Kier molecular flexibility index (Phi) is 10.1. The number of aliphatic hydroxyl groups is 1. The van der Waals surface area contributed by atoms with Gasteiger partial charge in [0.05, 0.1) is 12.7 Å². The van der Waals surface area contributed by atoms with Crippen molar-refractivity contribution in [2.24, 2.45) is 0 Å². The lowest BCUT2D eigenvalue weighted by atomic mass is 10.1. The zero-order chi connectivity index (χ0) is 17.2. The minimum absolute atomic E-state index is 0.0584. The summed E-state index contributed by atoms with van der Waals surface area (Å²) in [6.45, 7) is 15.3. The van der Waals surface area contributed by atoms with Crippen LogP contribution in [0.5, 0.6) is 0 Å². The van der Waals surface area contributed by atoms with Crippen LogP contribution in [0.4, 0.5) is 0 Å². The van der Waals surface area contributed by atoms with E-state index in [2.05, 4.69) is 40.4 Å². The lowest BCUT2D eigenvalue weighted by Crippen LogP contribution is -2.47. The van der Waals surface area contributed by atoms with E-state index in [-0.39, 0.29) is 30.6 Å². The maximum absolute atomic E-state index is 8.83. The summed E-state index contributed by atoms with van der Waals surface area (Å²) in [6, 6.07) is 0. The van der Waals surface area contributed by atoms with Crippen molar-refractivity contribution in [1.29, 1.82) is 0 Å². The van der Waals surface area contributed by atoms with Crippen molar-refractivity contribution < 1.29 is 19.0 Å². The van der Waals surface area contributed by atoms with Gasteiger partial charge in [-0.15, -0.1) is 6.58 Å². The van der Waals surface area contributed by atoms with Crippen LogP contribution in [0.25, 0.3) is 0 Å². The van der Waals surface area contributed by atoms with Crippen molar-refractivity contribution in [2.75, 3.05) is 20.5 Å². The van der Waals surface area contributed by atoms with Gasteiger partial charge < -0.3 is 19.0 Å². The van der Waals surface area contributed by atoms with Crippen LogP contribution in [0.2, 0.25) is 18.1 Å². The van der Waals surface area contributed by atoms with Crippen molar-refractivity contribution in [3.8, 4) is 0 Å². The summed E-state index contributed by atoms with van der Waals surface area (Å²) in [5.41, 5.74) is 0. The number of rotatable bonds is 11. The molecule has 22 heavy (non-hydrogen) atoms. The summed E-state index contributed by atoms with van der Waals surface area (Å²) < 4.78 is 17.2. The smallest absolute Gasteiger partial charge is 0.192 e. The second-order valence-corrected chi connectivity index (χ2v) is 11.7. The lowest BCUT2D eigenvalue weighted by Gasteiger charge is -2.40. The SMILES string of the molecule is C=C[C@H](OCOC)[C@H](CC/C=C/CO)O[Si](C)(C)C(C)(C)C. The Bertz CT molecular complexity index is 334. The summed E-state index contributed by atoms with van der Waals surface area (Å²) >= 11 is 0. The predicted octanol–water partition coefficient (Wildman–Crippen LogP) is 3.88. The molecule has 0 aliphatic rings. The minimum atomic E-state index is -1.90. The molecule has 0 heterocycles. The number of aliphatic hydroxyl groups excluding tert-OH is 1. The summed E-state index contributed by atoms with van der Waals surface area (Å²) in [5, 5.41) is 8.97. The van der Waals surface area contributed by atoms with Gasteiger partial charge >= 0.3 is 0 Å². The molecule has 0 spiro atoms. The first kappa shape index (κ1) is 21.5. The molecule has 0 aromatic heterocycles. The van der Waals surface area contributed by atoms with Crippen LogP contribution < -0.4 is 0 Å². The fourth-order valence-corrected chi connectivity index (χ4v) is 3.13. The van der Waals surface area contributed by atoms with E-state index in [4.69, 9.17) is 19.0 Å². The molecule has 0 aliphatic carbocycles. The topological polar surface area (TPSA) is 47.9 Å². The Morgan fingerprint density at radius 1 is 1.23 bits per heavy atom. The van der Waals surface area contributed by atoms with Crippen LogP contribution in [0.15, 0.2) is 24.8 Å². The first-order chi connectivity index (χ1) is 10.2. The van der Waals surface area contributed by atoms with E-state index in [1.807, 2.05) is 6.08 Å². The standard InChI is InChI=1S/C17H34O4Si/c1-8-15(20-14-19-5)16(12-10-9-11-13-18)21-22(6,7)17(2,3)4/h8-9,11,15-16,18H,1,10,12-14H2,2-7H3/b11-9+/t15-,16-/m0/s1. The first-order valence-corrected chi connectivity index (χ1v) is 10.8. The molecular formula is C17H34O4Si. The van der Waals surface area contributed by atoms with Gasteiger partial charge in [-0.2, -0.15) is 0 Å². The quantitative estimate of drug-likeness (QED) is 0.355. The normalized spacial score (nSPS) is 16.0. The van der Waals surface area contributed by atoms with E-state index in [0.717, 1.165) is 12.8 Å². The van der Waals surface area contributed by atoms with Gasteiger partial charge in [-0.25, -0.2) is 0 Å². The van der Waals surface area contributed by atoms with Crippen molar-refractivity contribution >= 4 is 8.32 Å². The molecule has 0 aromatic carbocycles. The van der Waals surface area contributed by atoms with Crippen LogP contribution >= 0.6 is 0 Å². The number of methoxy groups -OCH3 is 1. The molecular weight excluding hydrogens is 296 g/mol. The average Bonchev–Trinajstić information content (AvgIpc) is 2.42. The molecule has 5 heteroatoms. The summed E-state index contributed by atoms with van der Waals surface area (Å²) in [6.07, 6.45) is 6.91. The van der Waals surface area contributed by atoms with Crippen molar-refractivity contribution in [1.82, 2.24) is 0 Å². The highest BCUT2D eigenvalue weighted by Crippen LogP contribution is 2.38. The van der Waals surface area contributed by atoms with Crippen molar-refractivity contribution in [2.45, 2.75) is 64.0 Å². The molecule has 0 aromatic rings. The van der Waals surface area contributed by atoms with E-state index in [0.29, 0.717) is 0 Å². The number of allylic oxidation sites excluding steroid dienone is 1. The Balaban J connectivity index is 4.97. The molecule has 0 rings (SSSR count). The number of hydrogen-bond donors (Lipinski definition) is 1. The molecule has 0 saturated carbocycles. The van der Waals surface area contributed by atoms with E-state index in [1.165, 1.54) is 0 Å². The monoisotopic (exact) mass is 330 g/mol. The third-order valence-electron chi connectivity index (χ3n) is 4.12. The Hall–Kier alpha value is -0.463. The molecule has 2 atom stereocenters. The summed E-state index contributed by atoms with van der Waals surface area (Å²) in [4.78, 5) is 0. The second kappa shape index (κ2) is 10.3. The Morgan fingerprint density at radius 3 is 2.32 bits per heavy atom. The van der Waals surface area contributed by atoms with Gasteiger partial charge in [0.2, 0.25) is 0 Å². The zero-order valence-corrected chi connectivity index (χ0v) is 16.1. The van der Waals surface area contributed by atoms with Gasteiger partial charge in [0.15, 0.2) is 8.32 Å². The van der Waals surface area contributed by atoms with Crippen LogP contribution in [0, 0.1) is 0 Å². The summed E-state index contributed by atoms with van der Waals surface area (Å²) in [7, 11) is -0.292. The highest BCUT2D eigenvalue weighted by molar-refractivity contribution is 6.74. The van der Waals surface area contributed by atoms with E-state index < -0.39 is 8.32 Å². The molecule has 0 unspecified atom stereocenters. The predicted molar refractivity (Wildman–Crippen MR) is 94.5 cm³/mol. The Labute approximate surface area is 137 Å². The molecule has 0 fully saturated rings. The van der Waals surface area contributed by atoms with Gasteiger partial charge in [-0.05, 0) is 31.0 Å². The molecule has 1 N–H and O–H groups in total. The maximum Gasteiger partial charge on any atom is 0.192 e. The van der Waals surface area contributed by atoms with Crippen LogP contribution in [-0.4, -0.2) is 46.1 Å². The molecule has 0 bridgehead atoms. The zero-order valence-electron chi connectivity index (χ0n) is 15.1. The molecule has 0 amide bonds. The van der Waals surface area contributed by atoms with Crippen LogP contribution in [0.1, 0.15) is 33.6 Å². The van der Waals surface area contributed by atoms with E-state index in [1.54, 1.807) is 19.3 Å². The van der Waals surface area contributed by atoms with E-state index in [9.17, 15) is 0 Å². The number of hydrogen-bond acceptors (Lipinski definition) is 4.